The van der Waals surface area contributed by atoms with E-state index < -0.39 is 0 Å². The summed E-state index contributed by atoms with van der Waals surface area (Å²) in [5, 5.41) is 7.80. The summed E-state index contributed by atoms with van der Waals surface area (Å²) in [6.45, 7) is 0.443. The van der Waals surface area contributed by atoms with Crippen LogP contribution in [0.2, 0.25) is 5.02 Å². The van der Waals surface area contributed by atoms with Crippen molar-refractivity contribution in [3.05, 3.63) is 116 Å². The van der Waals surface area contributed by atoms with E-state index in [9.17, 15) is 9.59 Å². The number of hydrogen-bond donors (Lipinski definition) is 2. The van der Waals surface area contributed by atoms with Crippen molar-refractivity contribution >= 4 is 34.2 Å². The van der Waals surface area contributed by atoms with Crippen LogP contribution in [0.3, 0.4) is 0 Å². The van der Waals surface area contributed by atoms with Crippen molar-refractivity contribution in [3.8, 4) is 0 Å². The predicted molar refractivity (Wildman–Crippen MR) is 129 cm³/mol. The minimum absolute atomic E-state index is 0.0260. The molecule has 1 aromatic heterocycles. The molecule has 0 saturated heterocycles. The van der Waals surface area contributed by atoms with Gasteiger partial charge in [0.15, 0.2) is 5.78 Å². The van der Waals surface area contributed by atoms with Crippen LogP contribution in [0.1, 0.15) is 37.5 Å². The van der Waals surface area contributed by atoms with Crippen molar-refractivity contribution in [2.45, 2.75) is 13.0 Å². The van der Waals surface area contributed by atoms with Crippen LogP contribution >= 0.6 is 11.6 Å². The number of amides is 1. The molecule has 4 rings (SSSR count). The molecule has 33 heavy (non-hydrogen) atoms. The predicted octanol–water partition coefficient (Wildman–Crippen LogP) is 5.84. The van der Waals surface area contributed by atoms with Gasteiger partial charge in [-0.3, -0.25) is 9.59 Å². The van der Waals surface area contributed by atoms with Crippen LogP contribution in [0.25, 0.3) is 21.3 Å². The largest absolute Gasteiger partial charge is 0.350 e. The van der Waals surface area contributed by atoms with E-state index in [0.29, 0.717) is 40.4 Å². The number of rotatable bonds is 8. The lowest BCUT2D eigenvalue weighted by molar-refractivity contribution is 0.0948. The fourth-order valence-electron chi connectivity index (χ4n) is 3.67. The van der Waals surface area contributed by atoms with Crippen molar-refractivity contribution in [1.82, 2.24) is 10.3 Å². The van der Waals surface area contributed by atoms with Gasteiger partial charge in [0.1, 0.15) is 5.69 Å². The van der Waals surface area contributed by atoms with Crippen molar-refractivity contribution in [3.63, 3.8) is 0 Å². The van der Waals surface area contributed by atoms with E-state index in [0.717, 1.165) is 16.5 Å². The van der Waals surface area contributed by atoms with Gasteiger partial charge in [0.2, 0.25) is 0 Å². The Morgan fingerprint density at radius 2 is 1.73 bits per heavy atom. The summed E-state index contributed by atoms with van der Waals surface area (Å²) in [5.74, 6) is -0.316. The molecule has 0 saturated carbocycles. The molecule has 1 heterocycles. The summed E-state index contributed by atoms with van der Waals surface area (Å²) in [7, 11) is 0. The Balaban J connectivity index is 1.42. The number of carbonyl (C=O) groups is 2. The number of hydrogen-bond acceptors (Lipinski definition) is 3. The topological polar surface area (TPSA) is 111 Å². The van der Waals surface area contributed by atoms with Crippen molar-refractivity contribution < 1.29 is 9.59 Å². The second kappa shape index (κ2) is 10.0. The third kappa shape index (κ3) is 5.06. The molecule has 4 aromatic rings. The third-order valence-electron chi connectivity index (χ3n) is 5.34. The SMILES string of the molecule is [N-]=[N+]=NCc1c(C(=O)NCCc2ccc(C(=O)c3ccccc3)cc2)[nH]c2ccc(Cl)cc12. The number of ketones is 1. The minimum Gasteiger partial charge on any atom is -0.350 e. The van der Waals surface area contributed by atoms with Gasteiger partial charge < -0.3 is 10.3 Å². The molecular weight excluding hydrogens is 438 g/mol. The van der Waals surface area contributed by atoms with Gasteiger partial charge in [0.05, 0.1) is 6.54 Å². The first-order valence-corrected chi connectivity index (χ1v) is 10.7. The summed E-state index contributed by atoms with van der Waals surface area (Å²) in [6, 6.07) is 21.8. The third-order valence-corrected chi connectivity index (χ3v) is 5.57. The van der Waals surface area contributed by atoms with Crippen LogP contribution in [0.5, 0.6) is 0 Å². The second-order valence-electron chi connectivity index (χ2n) is 7.46. The Morgan fingerprint density at radius 3 is 2.45 bits per heavy atom. The molecule has 0 spiro atoms. The molecule has 0 fully saturated rings. The van der Waals surface area contributed by atoms with Crippen molar-refractivity contribution in [2.24, 2.45) is 5.11 Å². The van der Waals surface area contributed by atoms with Gasteiger partial charge in [-0.05, 0) is 41.3 Å². The average molecular weight is 458 g/mol. The molecule has 3 aromatic carbocycles. The molecule has 0 bridgehead atoms. The van der Waals surface area contributed by atoms with E-state index in [2.05, 4.69) is 20.3 Å². The molecule has 0 aliphatic heterocycles. The number of benzene rings is 3. The zero-order chi connectivity index (χ0) is 23.2. The first-order valence-electron chi connectivity index (χ1n) is 10.3. The fraction of sp³-hybridized carbons (Fsp3) is 0.120. The molecule has 8 heteroatoms. The smallest absolute Gasteiger partial charge is 0.268 e. The standard InChI is InChI=1S/C25H20ClN5O2/c26-19-10-11-22-20(14-19)21(15-29-31-27)23(30-22)25(33)28-13-12-16-6-8-18(9-7-16)24(32)17-4-2-1-3-5-17/h1-11,14,30H,12-13,15H2,(H,28,33). The number of azide groups is 1. The van der Waals surface area contributed by atoms with E-state index in [1.165, 1.54) is 0 Å². The average Bonchev–Trinajstić information content (AvgIpc) is 3.21. The van der Waals surface area contributed by atoms with Crippen LogP contribution in [-0.4, -0.2) is 23.2 Å². The van der Waals surface area contributed by atoms with Crippen LogP contribution in [0.4, 0.5) is 0 Å². The molecule has 2 N–H and O–H groups in total. The Labute approximate surface area is 195 Å². The lowest BCUT2D eigenvalue weighted by Crippen LogP contribution is -2.26. The Hall–Kier alpha value is -4.06. The zero-order valence-electron chi connectivity index (χ0n) is 17.6. The van der Waals surface area contributed by atoms with Gasteiger partial charge >= 0.3 is 0 Å². The summed E-state index contributed by atoms with van der Waals surface area (Å²) >= 11 is 6.09. The highest BCUT2D eigenvalue weighted by Gasteiger charge is 2.17. The quantitative estimate of drug-likeness (QED) is 0.150. The molecular formula is C25H20ClN5O2. The molecule has 0 unspecified atom stereocenters. The number of nitrogens with zero attached hydrogens (tertiary/aromatic N) is 3. The van der Waals surface area contributed by atoms with Crippen molar-refractivity contribution in [2.75, 3.05) is 6.54 Å². The van der Waals surface area contributed by atoms with E-state index >= 15 is 0 Å². The molecule has 164 valence electrons. The maximum atomic E-state index is 12.8. The van der Waals surface area contributed by atoms with E-state index in [1.807, 2.05) is 30.3 Å². The molecule has 1 amide bonds. The highest BCUT2D eigenvalue weighted by atomic mass is 35.5. The Morgan fingerprint density at radius 1 is 1.00 bits per heavy atom. The van der Waals surface area contributed by atoms with Gasteiger partial charge in [0.25, 0.3) is 5.91 Å². The first kappa shape index (κ1) is 22.1. The second-order valence-corrected chi connectivity index (χ2v) is 7.89. The lowest BCUT2D eigenvalue weighted by Gasteiger charge is -2.07. The lowest BCUT2D eigenvalue weighted by atomic mass is 10.0. The van der Waals surface area contributed by atoms with Gasteiger partial charge in [-0.1, -0.05) is 71.3 Å². The van der Waals surface area contributed by atoms with Crippen molar-refractivity contribution in [1.29, 1.82) is 0 Å². The highest BCUT2D eigenvalue weighted by Crippen LogP contribution is 2.26. The molecule has 0 atom stereocenters. The van der Waals surface area contributed by atoms with E-state index in [1.54, 1.807) is 42.5 Å². The van der Waals surface area contributed by atoms with E-state index in [-0.39, 0.29) is 18.2 Å². The maximum absolute atomic E-state index is 12.8. The molecule has 7 nitrogen and oxygen atoms in total. The summed E-state index contributed by atoms with van der Waals surface area (Å²) in [4.78, 5) is 31.2. The number of halogens is 1. The normalized spacial score (nSPS) is 10.6. The van der Waals surface area contributed by atoms with Gasteiger partial charge in [-0.15, -0.1) is 0 Å². The first-order chi connectivity index (χ1) is 16.1. The number of aromatic nitrogens is 1. The zero-order valence-corrected chi connectivity index (χ0v) is 18.3. The van der Waals surface area contributed by atoms with Gasteiger partial charge in [0, 0.05) is 38.5 Å². The van der Waals surface area contributed by atoms with Crippen LogP contribution in [0.15, 0.2) is 77.9 Å². The Kier molecular flexibility index (Phi) is 6.74. The van der Waals surface area contributed by atoms with Gasteiger partial charge in [-0.2, -0.15) is 0 Å². The van der Waals surface area contributed by atoms with Crippen LogP contribution < -0.4 is 5.32 Å². The fourth-order valence-corrected chi connectivity index (χ4v) is 3.84. The number of H-pyrrole nitrogens is 1. The number of carbonyl (C=O) groups excluding carboxylic acids is 2. The number of nitrogens with one attached hydrogen (secondary N) is 2. The number of aromatic amines is 1. The van der Waals surface area contributed by atoms with E-state index in [4.69, 9.17) is 17.1 Å². The molecule has 0 aliphatic rings. The molecule has 0 radical (unpaired) electrons. The molecule has 0 aliphatic carbocycles. The number of fused-ring (bicyclic) bond motifs is 1. The maximum Gasteiger partial charge on any atom is 0.268 e. The Bertz CT molecular complexity index is 1360. The monoisotopic (exact) mass is 457 g/mol. The van der Waals surface area contributed by atoms with Crippen LogP contribution in [-0.2, 0) is 13.0 Å². The summed E-state index contributed by atoms with van der Waals surface area (Å²) in [5.41, 5.74) is 12.7. The highest BCUT2D eigenvalue weighted by molar-refractivity contribution is 6.31. The van der Waals surface area contributed by atoms with Gasteiger partial charge in [-0.25, -0.2) is 0 Å². The van der Waals surface area contributed by atoms with Crippen LogP contribution in [0, 0.1) is 0 Å². The minimum atomic E-state index is -0.290. The summed E-state index contributed by atoms with van der Waals surface area (Å²) < 4.78 is 0. The summed E-state index contributed by atoms with van der Waals surface area (Å²) in [6.07, 6.45) is 0.600.